The number of thiophene rings is 1. The second kappa shape index (κ2) is 5.67. The molecular weight excluding hydrogens is 270 g/mol. The van der Waals surface area contributed by atoms with E-state index in [1.54, 1.807) is 24.5 Å². The Kier molecular flexibility index (Phi) is 3.74. The molecule has 1 saturated heterocycles. The molecule has 1 aliphatic heterocycles. The fourth-order valence-corrected chi connectivity index (χ4v) is 3.41. The van der Waals surface area contributed by atoms with Crippen molar-refractivity contribution >= 4 is 17.2 Å². The lowest BCUT2D eigenvalue weighted by Gasteiger charge is -2.16. The van der Waals surface area contributed by atoms with Crippen molar-refractivity contribution in [2.75, 3.05) is 20.2 Å². The van der Waals surface area contributed by atoms with Crippen molar-refractivity contribution in [1.29, 1.82) is 0 Å². The van der Waals surface area contributed by atoms with E-state index in [1.165, 1.54) is 5.56 Å². The van der Waals surface area contributed by atoms with E-state index in [0.29, 0.717) is 11.5 Å². The Labute approximate surface area is 122 Å². The Balaban J connectivity index is 1.72. The van der Waals surface area contributed by atoms with Gasteiger partial charge in [0, 0.05) is 24.6 Å². The molecule has 0 saturated carbocycles. The monoisotopic (exact) mass is 287 g/mol. The third-order valence-electron chi connectivity index (χ3n) is 3.81. The number of ether oxygens (including phenoxy) is 1. The first-order valence-corrected chi connectivity index (χ1v) is 7.67. The first-order valence-electron chi connectivity index (χ1n) is 6.73. The van der Waals surface area contributed by atoms with E-state index < -0.39 is 0 Å². The molecule has 2 aromatic rings. The molecule has 1 aromatic heterocycles. The van der Waals surface area contributed by atoms with Gasteiger partial charge in [-0.3, -0.25) is 4.79 Å². The molecule has 20 heavy (non-hydrogen) atoms. The van der Waals surface area contributed by atoms with Crippen LogP contribution in [0, 0.1) is 0 Å². The largest absolute Gasteiger partial charge is 0.497 e. The number of amides is 1. The molecule has 0 bridgehead atoms. The highest BCUT2D eigenvalue weighted by atomic mass is 32.1. The molecule has 1 aromatic carbocycles. The third kappa shape index (κ3) is 2.56. The summed E-state index contributed by atoms with van der Waals surface area (Å²) in [5, 5.41) is 4.28. The Morgan fingerprint density at radius 2 is 2.30 bits per heavy atom. The second-order valence-corrected chi connectivity index (χ2v) is 5.81. The highest BCUT2D eigenvalue weighted by Gasteiger charge is 2.28. The molecule has 3 rings (SSSR count). The molecule has 1 atom stereocenters. The average Bonchev–Trinajstić information content (AvgIpc) is 3.17. The highest BCUT2D eigenvalue weighted by Crippen LogP contribution is 2.29. The smallest absolute Gasteiger partial charge is 0.254 e. The summed E-state index contributed by atoms with van der Waals surface area (Å²) in [7, 11) is 1.62. The van der Waals surface area contributed by atoms with E-state index >= 15 is 0 Å². The number of likely N-dealkylation sites (tertiary alicyclic amines) is 1. The third-order valence-corrected chi connectivity index (χ3v) is 4.51. The van der Waals surface area contributed by atoms with Gasteiger partial charge in [-0.15, -0.1) is 0 Å². The Morgan fingerprint density at radius 1 is 1.40 bits per heavy atom. The van der Waals surface area contributed by atoms with Gasteiger partial charge in [0.25, 0.3) is 5.91 Å². The molecule has 1 fully saturated rings. The van der Waals surface area contributed by atoms with Gasteiger partial charge in [0.05, 0.1) is 7.11 Å². The maximum atomic E-state index is 12.5. The normalized spacial score (nSPS) is 18.2. The lowest BCUT2D eigenvalue weighted by molar-refractivity contribution is 0.0790. The van der Waals surface area contributed by atoms with E-state index in [2.05, 4.69) is 16.8 Å². The zero-order valence-electron chi connectivity index (χ0n) is 11.4. The molecule has 4 heteroatoms. The Morgan fingerprint density at radius 3 is 3.05 bits per heavy atom. The van der Waals surface area contributed by atoms with Crippen LogP contribution in [-0.4, -0.2) is 31.0 Å². The van der Waals surface area contributed by atoms with Crippen LogP contribution in [0.15, 0.2) is 41.1 Å². The fourth-order valence-electron chi connectivity index (χ4n) is 2.66. The van der Waals surface area contributed by atoms with Gasteiger partial charge in [0.2, 0.25) is 0 Å². The Hall–Kier alpha value is -1.81. The van der Waals surface area contributed by atoms with Crippen molar-refractivity contribution in [1.82, 2.24) is 4.90 Å². The minimum atomic E-state index is 0.0987. The number of carbonyl (C=O) groups excluding carboxylic acids is 1. The van der Waals surface area contributed by atoms with Crippen LogP contribution in [0.1, 0.15) is 28.3 Å². The van der Waals surface area contributed by atoms with Crippen LogP contribution in [0.3, 0.4) is 0 Å². The summed E-state index contributed by atoms with van der Waals surface area (Å²) in [6.45, 7) is 1.64. The summed E-state index contributed by atoms with van der Waals surface area (Å²) in [4.78, 5) is 14.4. The van der Waals surface area contributed by atoms with Gasteiger partial charge < -0.3 is 9.64 Å². The van der Waals surface area contributed by atoms with Crippen molar-refractivity contribution in [2.45, 2.75) is 12.3 Å². The first-order chi connectivity index (χ1) is 9.78. The first kappa shape index (κ1) is 13.2. The molecule has 1 unspecified atom stereocenters. The molecular formula is C16H17NO2S. The summed E-state index contributed by atoms with van der Waals surface area (Å²) < 4.78 is 5.18. The summed E-state index contributed by atoms with van der Waals surface area (Å²) in [6, 6.07) is 9.53. The second-order valence-electron chi connectivity index (χ2n) is 5.03. The molecule has 0 radical (unpaired) electrons. The fraction of sp³-hybridized carbons (Fsp3) is 0.312. The van der Waals surface area contributed by atoms with Crippen molar-refractivity contribution in [3.8, 4) is 5.75 Å². The SMILES string of the molecule is COc1cccc(C(=O)N2CCC(c3ccsc3)C2)c1. The van der Waals surface area contributed by atoms with E-state index in [0.717, 1.165) is 25.3 Å². The topological polar surface area (TPSA) is 29.5 Å². The quantitative estimate of drug-likeness (QED) is 0.866. The number of hydrogen-bond acceptors (Lipinski definition) is 3. The summed E-state index contributed by atoms with van der Waals surface area (Å²) in [5.74, 6) is 1.31. The van der Waals surface area contributed by atoms with Crippen molar-refractivity contribution < 1.29 is 9.53 Å². The number of rotatable bonds is 3. The van der Waals surface area contributed by atoms with Crippen LogP contribution in [0.2, 0.25) is 0 Å². The van der Waals surface area contributed by atoms with Crippen LogP contribution < -0.4 is 4.74 Å². The van der Waals surface area contributed by atoms with E-state index in [9.17, 15) is 4.79 Å². The molecule has 0 spiro atoms. The average molecular weight is 287 g/mol. The van der Waals surface area contributed by atoms with E-state index in [1.807, 2.05) is 23.1 Å². The van der Waals surface area contributed by atoms with Gasteiger partial charge >= 0.3 is 0 Å². The van der Waals surface area contributed by atoms with Gasteiger partial charge in [-0.25, -0.2) is 0 Å². The number of nitrogens with zero attached hydrogens (tertiary/aromatic N) is 1. The lowest BCUT2D eigenvalue weighted by Crippen LogP contribution is -2.28. The van der Waals surface area contributed by atoms with Crippen LogP contribution in [0.5, 0.6) is 5.75 Å². The van der Waals surface area contributed by atoms with Crippen LogP contribution in [0.4, 0.5) is 0 Å². The molecule has 2 heterocycles. The molecule has 3 nitrogen and oxygen atoms in total. The molecule has 1 amide bonds. The Bertz CT molecular complexity index is 594. The van der Waals surface area contributed by atoms with E-state index in [4.69, 9.17) is 4.74 Å². The zero-order valence-corrected chi connectivity index (χ0v) is 12.2. The van der Waals surface area contributed by atoms with Crippen molar-refractivity contribution in [2.24, 2.45) is 0 Å². The van der Waals surface area contributed by atoms with Crippen molar-refractivity contribution in [3.05, 3.63) is 52.2 Å². The predicted octanol–water partition coefficient (Wildman–Crippen LogP) is 3.39. The summed E-state index contributed by atoms with van der Waals surface area (Å²) >= 11 is 1.72. The van der Waals surface area contributed by atoms with Crippen LogP contribution >= 0.6 is 11.3 Å². The van der Waals surface area contributed by atoms with Crippen molar-refractivity contribution in [3.63, 3.8) is 0 Å². The van der Waals surface area contributed by atoms with Gasteiger partial charge in [0.1, 0.15) is 5.75 Å². The van der Waals surface area contributed by atoms with Gasteiger partial charge in [0.15, 0.2) is 0 Å². The van der Waals surface area contributed by atoms with Gasteiger partial charge in [-0.1, -0.05) is 6.07 Å². The number of carbonyl (C=O) groups is 1. The van der Waals surface area contributed by atoms with Gasteiger partial charge in [-0.2, -0.15) is 11.3 Å². The zero-order chi connectivity index (χ0) is 13.9. The molecule has 0 aliphatic carbocycles. The highest BCUT2D eigenvalue weighted by molar-refractivity contribution is 7.07. The molecule has 0 N–H and O–H groups in total. The summed E-state index contributed by atoms with van der Waals surface area (Å²) in [5.41, 5.74) is 2.06. The maximum Gasteiger partial charge on any atom is 0.254 e. The standard InChI is InChI=1S/C16H17NO2S/c1-19-15-4-2-3-12(9-15)16(18)17-7-5-13(10-17)14-6-8-20-11-14/h2-4,6,8-9,11,13H,5,7,10H2,1H3. The molecule has 104 valence electrons. The number of benzene rings is 1. The lowest BCUT2D eigenvalue weighted by atomic mass is 10.0. The van der Waals surface area contributed by atoms with Crippen LogP contribution in [-0.2, 0) is 0 Å². The number of methoxy groups -OCH3 is 1. The number of hydrogen-bond donors (Lipinski definition) is 0. The van der Waals surface area contributed by atoms with Crippen LogP contribution in [0.25, 0.3) is 0 Å². The van der Waals surface area contributed by atoms with Gasteiger partial charge in [-0.05, 0) is 47.0 Å². The minimum Gasteiger partial charge on any atom is -0.497 e. The molecule has 1 aliphatic rings. The maximum absolute atomic E-state index is 12.5. The van der Waals surface area contributed by atoms with E-state index in [-0.39, 0.29) is 5.91 Å². The predicted molar refractivity (Wildman–Crippen MR) is 80.6 cm³/mol. The summed E-state index contributed by atoms with van der Waals surface area (Å²) in [6.07, 6.45) is 1.05. The minimum absolute atomic E-state index is 0.0987.